The van der Waals surface area contributed by atoms with E-state index in [0.29, 0.717) is 30.3 Å². The third-order valence-corrected chi connectivity index (χ3v) is 3.74. The number of aliphatic imine (C=N–C) groups is 1. The molecule has 0 saturated heterocycles. The molecular formula is C17H21N5O. The Balaban J connectivity index is 1.52. The lowest BCUT2D eigenvalue weighted by Gasteiger charge is -2.11. The second-order valence-corrected chi connectivity index (χ2v) is 5.57. The van der Waals surface area contributed by atoms with Crippen LogP contribution in [0.5, 0.6) is 5.88 Å². The number of hydrogen-bond donors (Lipinski definition) is 2. The summed E-state index contributed by atoms with van der Waals surface area (Å²) in [6.45, 7) is 0.461. The molecule has 6 nitrogen and oxygen atoms in total. The van der Waals surface area contributed by atoms with Crippen molar-refractivity contribution in [3.63, 3.8) is 0 Å². The summed E-state index contributed by atoms with van der Waals surface area (Å²) in [5.41, 5.74) is 6.83. The van der Waals surface area contributed by atoms with E-state index >= 15 is 0 Å². The summed E-state index contributed by atoms with van der Waals surface area (Å²) in [6.07, 6.45) is 8.56. The summed E-state index contributed by atoms with van der Waals surface area (Å²) in [7, 11) is 0. The Bertz CT molecular complexity index is 636. The number of aromatic nitrogens is 2. The predicted octanol–water partition coefficient (Wildman–Crippen LogP) is 2.72. The number of guanidine groups is 1. The zero-order valence-corrected chi connectivity index (χ0v) is 13.0. The molecule has 2 aromatic rings. The number of rotatable bonds is 5. The van der Waals surface area contributed by atoms with Crippen LogP contribution in [0.3, 0.4) is 0 Å². The Labute approximate surface area is 135 Å². The van der Waals surface area contributed by atoms with Crippen molar-refractivity contribution < 1.29 is 4.74 Å². The second-order valence-electron chi connectivity index (χ2n) is 5.57. The van der Waals surface area contributed by atoms with Crippen LogP contribution >= 0.6 is 0 Å². The fourth-order valence-corrected chi connectivity index (χ4v) is 2.54. The Morgan fingerprint density at radius 2 is 2.09 bits per heavy atom. The maximum absolute atomic E-state index is 5.85. The van der Waals surface area contributed by atoms with E-state index in [-0.39, 0.29) is 0 Å². The molecular weight excluding hydrogens is 290 g/mol. The molecule has 0 bridgehead atoms. The van der Waals surface area contributed by atoms with Crippen LogP contribution in [0.15, 0.2) is 47.7 Å². The first-order valence-corrected chi connectivity index (χ1v) is 7.89. The summed E-state index contributed by atoms with van der Waals surface area (Å²) in [5, 5.41) is 2.94. The largest absolute Gasteiger partial charge is 0.474 e. The van der Waals surface area contributed by atoms with Crippen molar-refractivity contribution in [2.45, 2.75) is 38.3 Å². The molecule has 0 amide bonds. The van der Waals surface area contributed by atoms with Gasteiger partial charge in [0.05, 0.1) is 6.54 Å². The average molecular weight is 311 g/mol. The molecule has 1 fully saturated rings. The molecule has 0 aliphatic heterocycles. The third-order valence-electron chi connectivity index (χ3n) is 3.74. The van der Waals surface area contributed by atoms with Gasteiger partial charge in [-0.15, -0.1) is 0 Å². The van der Waals surface area contributed by atoms with Crippen molar-refractivity contribution in [2.75, 3.05) is 5.32 Å². The number of hydrogen-bond acceptors (Lipinski definition) is 4. The van der Waals surface area contributed by atoms with Gasteiger partial charge in [0, 0.05) is 18.5 Å². The second kappa shape index (κ2) is 7.58. The van der Waals surface area contributed by atoms with Crippen LogP contribution in [0.4, 0.5) is 5.82 Å². The first kappa shape index (κ1) is 15.3. The molecule has 1 aliphatic carbocycles. The smallest absolute Gasteiger partial charge is 0.213 e. The van der Waals surface area contributed by atoms with Gasteiger partial charge in [-0.2, -0.15) is 0 Å². The summed E-state index contributed by atoms with van der Waals surface area (Å²) >= 11 is 0. The normalized spacial score (nSPS) is 15.6. The molecule has 3 rings (SSSR count). The maximum Gasteiger partial charge on any atom is 0.213 e. The van der Waals surface area contributed by atoms with E-state index in [1.54, 1.807) is 12.4 Å². The van der Waals surface area contributed by atoms with Crippen molar-refractivity contribution >= 4 is 11.8 Å². The number of ether oxygens (including phenoxy) is 1. The SMILES string of the molecule is NC(=NCc1ccc(OC2CCCC2)nc1)Nc1ccccn1. The van der Waals surface area contributed by atoms with E-state index in [9.17, 15) is 0 Å². The fourth-order valence-electron chi connectivity index (χ4n) is 2.54. The molecule has 0 radical (unpaired) electrons. The summed E-state index contributed by atoms with van der Waals surface area (Å²) in [4.78, 5) is 12.8. The van der Waals surface area contributed by atoms with E-state index < -0.39 is 0 Å². The molecule has 0 unspecified atom stereocenters. The van der Waals surface area contributed by atoms with Crippen LogP contribution in [-0.2, 0) is 6.54 Å². The van der Waals surface area contributed by atoms with Gasteiger partial charge in [-0.3, -0.25) is 0 Å². The lowest BCUT2D eigenvalue weighted by atomic mass is 10.3. The van der Waals surface area contributed by atoms with Crippen molar-refractivity contribution in [2.24, 2.45) is 10.7 Å². The van der Waals surface area contributed by atoms with Crippen LogP contribution in [0, 0.1) is 0 Å². The van der Waals surface area contributed by atoms with Gasteiger partial charge in [0.1, 0.15) is 11.9 Å². The molecule has 0 spiro atoms. The lowest BCUT2D eigenvalue weighted by Crippen LogP contribution is -2.23. The monoisotopic (exact) mass is 311 g/mol. The van der Waals surface area contributed by atoms with E-state index in [2.05, 4.69) is 20.3 Å². The summed E-state index contributed by atoms with van der Waals surface area (Å²) in [5.74, 6) is 1.69. The Morgan fingerprint density at radius 1 is 1.22 bits per heavy atom. The van der Waals surface area contributed by atoms with E-state index in [0.717, 1.165) is 18.4 Å². The minimum absolute atomic E-state index is 0.324. The maximum atomic E-state index is 5.85. The number of nitrogens with one attached hydrogen (secondary N) is 1. The van der Waals surface area contributed by atoms with Crippen LogP contribution in [0.1, 0.15) is 31.2 Å². The quantitative estimate of drug-likeness (QED) is 0.655. The highest BCUT2D eigenvalue weighted by Crippen LogP contribution is 2.22. The number of pyridine rings is 2. The van der Waals surface area contributed by atoms with E-state index in [4.69, 9.17) is 10.5 Å². The number of anilines is 1. The Morgan fingerprint density at radius 3 is 2.78 bits per heavy atom. The van der Waals surface area contributed by atoms with Gasteiger partial charge < -0.3 is 15.8 Å². The molecule has 0 atom stereocenters. The van der Waals surface area contributed by atoms with Crippen molar-refractivity contribution in [1.82, 2.24) is 9.97 Å². The highest BCUT2D eigenvalue weighted by molar-refractivity contribution is 5.91. The van der Waals surface area contributed by atoms with Crippen LogP contribution in [-0.4, -0.2) is 22.0 Å². The summed E-state index contributed by atoms with van der Waals surface area (Å²) < 4.78 is 5.84. The van der Waals surface area contributed by atoms with Crippen molar-refractivity contribution in [1.29, 1.82) is 0 Å². The van der Waals surface area contributed by atoms with Gasteiger partial charge in [-0.25, -0.2) is 15.0 Å². The fraction of sp³-hybridized carbons (Fsp3) is 0.353. The Hall–Kier alpha value is -2.63. The van der Waals surface area contributed by atoms with Gasteiger partial charge in [-0.1, -0.05) is 12.1 Å². The molecule has 120 valence electrons. The predicted molar refractivity (Wildman–Crippen MR) is 90.3 cm³/mol. The lowest BCUT2D eigenvalue weighted by molar-refractivity contribution is 0.201. The van der Waals surface area contributed by atoms with Crippen molar-refractivity contribution in [3.05, 3.63) is 48.3 Å². The minimum Gasteiger partial charge on any atom is -0.474 e. The topological polar surface area (TPSA) is 85.4 Å². The van der Waals surface area contributed by atoms with Crippen LogP contribution in [0.25, 0.3) is 0 Å². The molecule has 23 heavy (non-hydrogen) atoms. The van der Waals surface area contributed by atoms with Crippen LogP contribution < -0.4 is 15.8 Å². The van der Waals surface area contributed by atoms with Gasteiger partial charge in [0.25, 0.3) is 0 Å². The molecule has 3 N–H and O–H groups in total. The average Bonchev–Trinajstić information content (AvgIpc) is 3.08. The minimum atomic E-state index is 0.324. The van der Waals surface area contributed by atoms with E-state index in [1.165, 1.54) is 12.8 Å². The first-order valence-electron chi connectivity index (χ1n) is 7.89. The molecule has 0 aromatic carbocycles. The van der Waals surface area contributed by atoms with Gasteiger partial charge in [0.2, 0.25) is 5.88 Å². The van der Waals surface area contributed by atoms with Gasteiger partial charge >= 0.3 is 0 Å². The van der Waals surface area contributed by atoms with Gasteiger partial charge in [0.15, 0.2) is 5.96 Å². The highest BCUT2D eigenvalue weighted by Gasteiger charge is 2.16. The van der Waals surface area contributed by atoms with E-state index in [1.807, 2.05) is 30.3 Å². The summed E-state index contributed by atoms with van der Waals surface area (Å²) in [6, 6.07) is 9.43. The third kappa shape index (κ3) is 4.67. The zero-order chi connectivity index (χ0) is 15.9. The Kier molecular flexibility index (Phi) is 5.03. The highest BCUT2D eigenvalue weighted by atomic mass is 16.5. The number of nitrogens with two attached hydrogens (primary N) is 1. The first-order chi connectivity index (χ1) is 11.3. The molecule has 6 heteroatoms. The molecule has 1 saturated carbocycles. The standard InChI is InChI=1S/C17H21N5O/c18-17(22-15-7-3-4-10-19-15)21-12-13-8-9-16(20-11-13)23-14-5-1-2-6-14/h3-4,7-11,14H,1-2,5-6,12H2,(H3,18,19,21,22). The molecule has 1 aliphatic rings. The van der Waals surface area contributed by atoms with Gasteiger partial charge in [-0.05, 0) is 43.4 Å². The van der Waals surface area contributed by atoms with Crippen LogP contribution in [0.2, 0.25) is 0 Å². The van der Waals surface area contributed by atoms with Crippen molar-refractivity contribution in [3.8, 4) is 5.88 Å². The zero-order valence-electron chi connectivity index (χ0n) is 13.0. The molecule has 2 heterocycles. The number of nitrogens with zero attached hydrogens (tertiary/aromatic N) is 3. The molecule has 2 aromatic heterocycles.